The summed E-state index contributed by atoms with van der Waals surface area (Å²) in [4.78, 5) is 38.2. The van der Waals surface area contributed by atoms with Crippen molar-refractivity contribution in [1.82, 2.24) is 0 Å². The Bertz CT molecular complexity index is 1000. The molecule has 4 rings (SSSR count). The molecule has 6 nitrogen and oxygen atoms in total. The Hall–Kier alpha value is -3.22. The van der Waals surface area contributed by atoms with Crippen LogP contribution in [0.5, 0.6) is 5.75 Å². The summed E-state index contributed by atoms with van der Waals surface area (Å²) >= 11 is 0. The summed E-state index contributed by atoms with van der Waals surface area (Å²) in [6.07, 6.45) is 1.82. The van der Waals surface area contributed by atoms with Crippen molar-refractivity contribution in [3.05, 3.63) is 53.3 Å². The number of Topliss-reactive ketones (excluding diaryl/α,β-unsaturated/α-hetero) is 1. The minimum absolute atomic E-state index is 0.132. The number of fused-ring (bicyclic) bond motifs is 2. The number of ketones is 1. The average molecular weight is 396 g/mol. The second-order valence-electron chi connectivity index (χ2n) is 7.25. The van der Waals surface area contributed by atoms with Crippen molar-refractivity contribution < 1.29 is 23.5 Å². The van der Waals surface area contributed by atoms with Gasteiger partial charge in [0.1, 0.15) is 17.6 Å². The third-order valence-electron chi connectivity index (χ3n) is 5.34. The normalized spacial score (nSPS) is 17.6. The number of hydrogen-bond donors (Lipinski definition) is 1. The first-order valence-corrected chi connectivity index (χ1v) is 9.66. The summed E-state index contributed by atoms with van der Waals surface area (Å²) in [5, 5.41) is 2.63. The van der Waals surface area contributed by atoms with Gasteiger partial charge < -0.3 is 10.1 Å². The molecule has 1 N–H and O–H groups in total. The van der Waals surface area contributed by atoms with E-state index in [4.69, 9.17) is 4.74 Å². The molecule has 2 aromatic rings. The molecule has 2 aromatic carbocycles. The van der Waals surface area contributed by atoms with E-state index in [0.717, 1.165) is 11.1 Å². The van der Waals surface area contributed by atoms with Crippen molar-refractivity contribution in [1.29, 1.82) is 0 Å². The largest absolute Gasteiger partial charge is 0.493 e. The molecule has 2 aliphatic rings. The number of hydrogen-bond acceptors (Lipinski definition) is 4. The molecule has 7 heteroatoms. The predicted molar refractivity (Wildman–Crippen MR) is 106 cm³/mol. The number of amides is 2. The number of ether oxygens (including phenoxy) is 1. The van der Waals surface area contributed by atoms with Crippen molar-refractivity contribution in [2.45, 2.75) is 38.6 Å². The SMILES string of the molecule is CC1C(=O)Nc2cc(F)ccc2N1C(=O)CCCOc1cccc2c1CCC2=O. The van der Waals surface area contributed by atoms with Crippen molar-refractivity contribution in [3.63, 3.8) is 0 Å². The molecule has 0 saturated heterocycles. The Morgan fingerprint density at radius 1 is 1.24 bits per heavy atom. The van der Waals surface area contributed by atoms with Crippen LogP contribution in [0.4, 0.5) is 15.8 Å². The van der Waals surface area contributed by atoms with Gasteiger partial charge in [-0.15, -0.1) is 0 Å². The van der Waals surface area contributed by atoms with Crippen LogP contribution in [-0.2, 0) is 16.0 Å². The average Bonchev–Trinajstić information content (AvgIpc) is 3.08. The number of rotatable bonds is 5. The van der Waals surface area contributed by atoms with Crippen LogP contribution in [-0.4, -0.2) is 30.2 Å². The molecule has 0 aromatic heterocycles. The predicted octanol–water partition coefficient (Wildman–Crippen LogP) is 3.49. The lowest BCUT2D eigenvalue weighted by molar-refractivity contribution is -0.123. The third-order valence-corrected chi connectivity index (χ3v) is 5.34. The number of nitrogens with zero attached hydrogens (tertiary/aromatic N) is 1. The van der Waals surface area contributed by atoms with Crippen molar-refractivity contribution in [2.75, 3.05) is 16.8 Å². The molecule has 1 aliphatic heterocycles. The molecule has 0 fully saturated rings. The van der Waals surface area contributed by atoms with Crippen LogP contribution < -0.4 is 15.0 Å². The minimum atomic E-state index is -0.676. The van der Waals surface area contributed by atoms with Crippen LogP contribution in [0.25, 0.3) is 0 Å². The molecule has 2 amide bonds. The number of nitrogens with one attached hydrogen (secondary N) is 1. The molecule has 29 heavy (non-hydrogen) atoms. The first-order valence-electron chi connectivity index (χ1n) is 9.66. The van der Waals surface area contributed by atoms with Crippen molar-refractivity contribution >= 4 is 29.0 Å². The molecule has 0 spiro atoms. The second kappa shape index (κ2) is 7.66. The highest BCUT2D eigenvalue weighted by atomic mass is 19.1. The first kappa shape index (κ1) is 19.1. The second-order valence-corrected chi connectivity index (χ2v) is 7.25. The van der Waals surface area contributed by atoms with Crippen LogP contribution in [0, 0.1) is 5.82 Å². The molecule has 0 radical (unpaired) electrons. The first-order chi connectivity index (χ1) is 14.0. The lowest BCUT2D eigenvalue weighted by atomic mass is 10.1. The quantitative estimate of drug-likeness (QED) is 0.785. The fourth-order valence-electron chi connectivity index (χ4n) is 3.85. The fraction of sp³-hybridized carbons (Fsp3) is 0.318. The van der Waals surface area contributed by atoms with E-state index in [1.807, 2.05) is 12.1 Å². The van der Waals surface area contributed by atoms with Gasteiger partial charge in [0.2, 0.25) is 11.8 Å². The zero-order valence-corrected chi connectivity index (χ0v) is 16.0. The number of carbonyl (C=O) groups excluding carboxylic acids is 3. The van der Waals surface area contributed by atoms with E-state index < -0.39 is 11.9 Å². The van der Waals surface area contributed by atoms with E-state index in [2.05, 4.69) is 5.32 Å². The topological polar surface area (TPSA) is 75.7 Å². The number of benzene rings is 2. The van der Waals surface area contributed by atoms with Gasteiger partial charge in [0.05, 0.1) is 18.0 Å². The van der Waals surface area contributed by atoms with Gasteiger partial charge in [0, 0.05) is 24.0 Å². The van der Waals surface area contributed by atoms with Gasteiger partial charge in [-0.25, -0.2) is 4.39 Å². The summed E-state index contributed by atoms with van der Waals surface area (Å²) in [5.41, 5.74) is 2.43. The summed E-state index contributed by atoms with van der Waals surface area (Å²) in [6, 6.07) is 8.74. The molecule has 0 bridgehead atoms. The van der Waals surface area contributed by atoms with E-state index in [0.29, 0.717) is 43.0 Å². The van der Waals surface area contributed by atoms with Gasteiger partial charge in [-0.1, -0.05) is 12.1 Å². The van der Waals surface area contributed by atoms with E-state index >= 15 is 0 Å². The Labute approximate surface area is 167 Å². The minimum Gasteiger partial charge on any atom is -0.493 e. The smallest absolute Gasteiger partial charge is 0.247 e. The highest BCUT2D eigenvalue weighted by Gasteiger charge is 2.33. The lowest BCUT2D eigenvalue weighted by Gasteiger charge is -2.34. The van der Waals surface area contributed by atoms with Gasteiger partial charge in [0.25, 0.3) is 0 Å². The Balaban J connectivity index is 1.39. The van der Waals surface area contributed by atoms with Crippen LogP contribution in [0.1, 0.15) is 42.1 Å². The molecule has 0 saturated carbocycles. The number of halogens is 1. The Morgan fingerprint density at radius 3 is 2.90 bits per heavy atom. The van der Waals surface area contributed by atoms with Crippen LogP contribution >= 0.6 is 0 Å². The third kappa shape index (κ3) is 3.60. The monoisotopic (exact) mass is 396 g/mol. The molecular weight excluding hydrogens is 375 g/mol. The maximum absolute atomic E-state index is 13.5. The van der Waals surface area contributed by atoms with E-state index in [1.54, 1.807) is 13.0 Å². The molecule has 1 aliphatic carbocycles. The van der Waals surface area contributed by atoms with Gasteiger partial charge in [0.15, 0.2) is 5.78 Å². The fourth-order valence-corrected chi connectivity index (χ4v) is 3.85. The van der Waals surface area contributed by atoms with E-state index in [9.17, 15) is 18.8 Å². The van der Waals surface area contributed by atoms with Gasteiger partial charge >= 0.3 is 0 Å². The van der Waals surface area contributed by atoms with Crippen LogP contribution in [0.15, 0.2) is 36.4 Å². The van der Waals surface area contributed by atoms with E-state index in [-0.39, 0.29) is 24.0 Å². The standard InChI is InChI=1S/C22H21FN2O4/c1-13-22(28)24-17-12-14(23)7-9-18(17)25(13)21(27)6-3-11-29-20-5-2-4-15-16(20)8-10-19(15)26/h2,4-5,7,9,12-13H,3,6,8,10-11H2,1H3,(H,24,28). The zero-order valence-electron chi connectivity index (χ0n) is 16.0. The Morgan fingerprint density at radius 2 is 2.07 bits per heavy atom. The maximum atomic E-state index is 13.5. The molecule has 1 heterocycles. The molecular formula is C22H21FN2O4. The summed E-state index contributed by atoms with van der Waals surface area (Å²) in [5.74, 6) is -0.233. The molecule has 1 unspecified atom stereocenters. The number of carbonyl (C=O) groups is 3. The summed E-state index contributed by atoms with van der Waals surface area (Å²) in [7, 11) is 0. The van der Waals surface area contributed by atoms with E-state index in [1.165, 1.54) is 23.1 Å². The lowest BCUT2D eigenvalue weighted by Crippen LogP contribution is -2.49. The van der Waals surface area contributed by atoms with Crippen LogP contribution in [0.2, 0.25) is 0 Å². The highest BCUT2D eigenvalue weighted by molar-refractivity contribution is 6.11. The van der Waals surface area contributed by atoms with Gasteiger partial charge in [-0.3, -0.25) is 19.3 Å². The molecule has 150 valence electrons. The van der Waals surface area contributed by atoms with Gasteiger partial charge in [-0.2, -0.15) is 0 Å². The van der Waals surface area contributed by atoms with Crippen LogP contribution in [0.3, 0.4) is 0 Å². The number of anilines is 2. The summed E-state index contributed by atoms with van der Waals surface area (Å²) in [6.45, 7) is 1.96. The maximum Gasteiger partial charge on any atom is 0.247 e. The van der Waals surface area contributed by atoms with Gasteiger partial charge in [-0.05, 0) is 44.0 Å². The highest BCUT2D eigenvalue weighted by Crippen LogP contribution is 2.33. The Kier molecular flexibility index (Phi) is 5.05. The van der Waals surface area contributed by atoms with Crippen molar-refractivity contribution in [2.24, 2.45) is 0 Å². The summed E-state index contributed by atoms with van der Waals surface area (Å²) < 4.78 is 19.3. The zero-order chi connectivity index (χ0) is 20.5. The molecule has 1 atom stereocenters. The van der Waals surface area contributed by atoms with Crippen molar-refractivity contribution in [3.8, 4) is 5.75 Å².